The van der Waals surface area contributed by atoms with Crippen LogP contribution in [0.15, 0.2) is 0 Å². The third kappa shape index (κ3) is 4.88. The van der Waals surface area contributed by atoms with E-state index in [-0.39, 0.29) is 12.4 Å². The number of rotatable bonds is 6. The third-order valence-corrected chi connectivity index (χ3v) is 1.97. The van der Waals surface area contributed by atoms with Gasteiger partial charge in [-0.3, -0.25) is 4.79 Å². The molecule has 0 aromatic carbocycles. The van der Waals surface area contributed by atoms with Crippen molar-refractivity contribution in [3.63, 3.8) is 0 Å². The Labute approximate surface area is 83.4 Å². The molecule has 0 radical (unpaired) electrons. The molecule has 0 N–H and O–H groups in total. The third-order valence-electron chi connectivity index (χ3n) is 1.55. The lowest BCUT2D eigenvalue weighted by Crippen LogP contribution is -2.26. The second-order valence-corrected chi connectivity index (χ2v) is 3.12. The lowest BCUT2D eigenvalue weighted by atomic mass is 10.1. The van der Waals surface area contributed by atoms with E-state index in [2.05, 4.69) is 4.74 Å². The van der Waals surface area contributed by atoms with Crippen LogP contribution >= 0.6 is 11.6 Å². The zero-order chi connectivity index (χ0) is 10.3. The van der Waals surface area contributed by atoms with Crippen molar-refractivity contribution in [2.24, 2.45) is 0 Å². The molecular formula is C9H15ClO3. The zero-order valence-corrected chi connectivity index (χ0v) is 8.76. The summed E-state index contributed by atoms with van der Waals surface area (Å²) in [4.78, 5) is 22.2. The second kappa shape index (κ2) is 6.89. The first-order valence-electron chi connectivity index (χ1n) is 4.46. The maximum Gasteiger partial charge on any atom is 0.331 e. The molecule has 0 fully saturated rings. The number of carbonyl (C=O) groups is 2. The van der Waals surface area contributed by atoms with Crippen LogP contribution in [0.3, 0.4) is 0 Å². The van der Waals surface area contributed by atoms with Crippen molar-refractivity contribution in [2.45, 2.75) is 38.5 Å². The summed E-state index contributed by atoms with van der Waals surface area (Å²) >= 11 is 5.57. The van der Waals surface area contributed by atoms with Crippen LogP contribution < -0.4 is 0 Å². The van der Waals surface area contributed by atoms with Crippen molar-refractivity contribution >= 4 is 23.4 Å². The van der Waals surface area contributed by atoms with E-state index >= 15 is 0 Å². The lowest BCUT2D eigenvalue weighted by Gasteiger charge is -2.06. The number of carbonyl (C=O) groups excluding carboxylic acids is 2. The molecule has 0 saturated carbocycles. The molecule has 1 unspecified atom stereocenters. The van der Waals surface area contributed by atoms with Crippen LogP contribution in [-0.2, 0) is 14.3 Å². The topological polar surface area (TPSA) is 43.4 Å². The van der Waals surface area contributed by atoms with Crippen molar-refractivity contribution in [1.82, 2.24) is 0 Å². The summed E-state index contributed by atoms with van der Waals surface area (Å²) in [6, 6.07) is 0. The average Bonchev–Trinajstić information content (AvgIpc) is 2.13. The molecule has 0 aromatic rings. The summed E-state index contributed by atoms with van der Waals surface area (Å²) < 4.78 is 4.61. The number of Topliss-reactive ketones (excluding diaryl/α,β-unsaturated/α-hetero) is 1. The van der Waals surface area contributed by atoms with Gasteiger partial charge in [-0.15, -0.1) is 11.6 Å². The van der Waals surface area contributed by atoms with Gasteiger partial charge in [0.15, 0.2) is 11.2 Å². The monoisotopic (exact) mass is 206 g/mol. The molecule has 13 heavy (non-hydrogen) atoms. The predicted octanol–water partition coefficient (Wildman–Crippen LogP) is 1.92. The SMILES string of the molecule is CCCCC(=O)C(Cl)C(=O)OCC. The molecule has 0 rings (SSSR count). The van der Waals surface area contributed by atoms with Gasteiger partial charge in [0.05, 0.1) is 6.61 Å². The quantitative estimate of drug-likeness (QED) is 0.379. The minimum absolute atomic E-state index is 0.248. The molecule has 0 spiro atoms. The fourth-order valence-corrected chi connectivity index (χ4v) is 0.997. The van der Waals surface area contributed by atoms with Gasteiger partial charge in [0, 0.05) is 6.42 Å². The minimum Gasteiger partial charge on any atom is -0.465 e. The molecule has 0 bridgehead atoms. The Morgan fingerprint density at radius 2 is 2.00 bits per heavy atom. The number of unbranched alkanes of at least 4 members (excludes halogenated alkanes) is 1. The molecule has 0 heterocycles. The van der Waals surface area contributed by atoms with Crippen LogP contribution in [0, 0.1) is 0 Å². The molecular weight excluding hydrogens is 192 g/mol. The van der Waals surface area contributed by atoms with E-state index in [1.54, 1.807) is 6.92 Å². The fraction of sp³-hybridized carbons (Fsp3) is 0.778. The molecule has 0 amide bonds. The number of hydrogen-bond donors (Lipinski definition) is 0. The van der Waals surface area contributed by atoms with E-state index in [0.717, 1.165) is 12.8 Å². The summed E-state index contributed by atoms with van der Waals surface area (Å²) in [5, 5.41) is -1.12. The average molecular weight is 207 g/mol. The summed E-state index contributed by atoms with van der Waals surface area (Å²) in [7, 11) is 0. The Bertz CT molecular complexity index is 180. The van der Waals surface area contributed by atoms with E-state index in [9.17, 15) is 9.59 Å². The number of ketones is 1. The molecule has 0 aliphatic carbocycles. The molecule has 0 aliphatic rings. The van der Waals surface area contributed by atoms with Crippen molar-refractivity contribution in [1.29, 1.82) is 0 Å². The molecule has 3 nitrogen and oxygen atoms in total. The Kier molecular flexibility index (Phi) is 6.59. The van der Waals surface area contributed by atoms with Crippen LogP contribution in [0.25, 0.3) is 0 Å². The van der Waals surface area contributed by atoms with E-state index in [0.29, 0.717) is 6.42 Å². The van der Waals surface area contributed by atoms with E-state index in [4.69, 9.17) is 11.6 Å². The van der Waals surface area contributed by atoms with Gasteiger partial charge in [-0.05, 0) is 13.3 Å². The van der Waals surface area contributed by atoms with Crippen LogP contribution in [0.5, 0.6) is 0 Å². The molecule has 0 aromatic heterocycles. The summed E-state index contributed by atoms with van der Waals surface area (Å²) in [6.07, 6.45) is 2.03. The Morgan fingerprint density at radius 1 is 1.38 bits per heavy atom. The van der Waals surface area contributed by atoms with E-state index in [1.807, 2.05) is 6.92 Å². The number of hydrogen-bond acceptors (Lipinski definition) is 3. The molecule has 4 heteroatoms. The van der Waals surface area contributed by atoms with Crippen LogP contribution in [0.1, 0.15) is 33.1 Å². The second-order valence-electron chi connectivity index (χ2n) is 2.68. The van der Waals surface area contributed by atoms with Gasteiger partial charge in [0.2, 0.25) is 0 Å². The molecule has 1 atom stereocenters. The van der Waals surface area contributed by atoms with Crippen LogP contribution in [-0.4, -0.2) is 23.7 Å². The number of halogens is 1. The minimum atomic E-state index is -1.12. The van der Waals surface area contributed by atoms with Gasteiger partial charge >= 0.3 is 5.97 Å². The first-order valence-corrected chi connectivity index (χ1v) is 4.90. The highest BCUT2D eigenvalue weighted by Crippen LogP contribution is 2.06. The van der Waals surface area contributed by atoms with Gasteiger partial charge in [0.1, 0.15) is 0 Å². The fourth-order valence-electron chi connectivity index (χ4n) is 0.825. The smallest absolute Gasteiger partial charge is 0.331 e. The molecule has 76 valence electrons. The lowest BCUT2D eigenvalue weighted by molar-refractivity contribution is -0.145. The standard InChI is InChI=1S/C9H15ClO3/c1-3-5-6-7(11)8(10)9(12)13-4-2/h8H,3-6H2,1-2H3. The largest absolute Gasteiger partial charge is 0.465 e. The van der Waals surface area contributed by atoms with Crippen molar-refractivity contribution < 1.29 is 14.3 Å². The highest BCUT2D eigenvalue weighted by atomic mass is 35.5. The number of ether oxygens (including phenoxy) is 1. The van der Waals surface area contributed by atoms with Crippen molar-refractivity contribution in [3.05, 3.63) is 0 Å². The van der Waals surface area contributed by atoms with Crippen molar-refractivity contribution in [3.8, 4) is 0 Å². The van der Waals surface area contributed by atoms with Gasteiger partial charge in [0.25, 0.3) is 0 Å². The van der Waals surface area contributed by atoms with Gasteiger partial charge in [-0.1, -0.05) is 13.3 Å². The highest BCUT2D eigenvalue weighted by Gasteiger charge is 2.23. The first kappa shape index (κ1) is 12.4. The Balaban J connectivity index is 3.87. The molecule has 0 aliphatic heterocycles. The first-order chi connectivity index (χ1) is 6.13. The van der Waals surface area contributed by atoms with Crippen LogP contribution in [0.2, 0.25) is 0 Å². The predicted molar refractivity (Wildman–Crippen MR) is 50.8 cm³/mol. The number of esters is 1. The summed E-state index contributed by atoms with van der Waals surface area (Å²) in [6.45, 7) is 3.90. The zero-order valence-electron chi connectivity index (χ0n) is 8.01. The summed E-state index contributed by atoms with van der Waals surface area (Å²) in [5.74, 6) is -0.882. The van der Waals surface area contributed by atoms with Crippen LogP contribution in [0.4, 0.5) is 0 Å². The number of alkyl halides is 1. The Hall–Kier alpha value is -0.570. The normalized spacial score (nSPS) is 12.2. The highest BCUT2D eigenvalue weighted by molar-refractivity contribution is 6.41. The summed E-state index contributed by atoms with van der Waals surface area (Å²) in [5.41, 5.74) is 0. The van der Waals surface area contributed by atoms with Gasteiger partial charge in [-0.25, -0.2) is 4.79 Å². The molecule has 0 saturated heterocycles. The van der Waals surface area contributed by atoms with Gasteiger partial charge in [-0.2, -0.15) is 0 Å². The Morgan fingerprint density at radius 3 is 2.46 bits per heavy atom. The van der Waals surface area contributed by atoms with Gasteiger partial charge < -0.3 is 4.74 Å². The van der Waals surface area contributed by atoms with E-state index < -0.39 is 11.3 Å². The van der Waals surface area contributed by atoms with E-state index in [1.165, 1.54) is 0 Å². The van der Waals surface area contributed by atoms with Crippen molar-refractivity contribution in [2.75, 3.05) is 6.61 Å². The maximum atomic E-state index is 11.2. The maximum absolute atomic E-state index is 11.2.